The quantitative estimate of drug-likeness (QED) is 0.843. The van der Waals surface area contributed by atoms with Gasteiger partial charge in [-0.15, -0.1) is 0 Å². The van der Waals surface area contributed by atoms with Gasteiger partial charge in [0.25, 0.3) is 5.91 Å². The maximum absolute atomic E-state index is 12.0. The van der Waals surface area contributed by atoms with Crippen LogP contribution in [0, 0.1) is 0 Å². The van der Waals surface area contributed by atoms with Crippen molar-refractivity contribution in [3.63, 3.8) is 0 Å². The summed E-state index contributed by atoms with van der Waals surface area (Å²) in [5, 5.41) is 9.92. The summed E-state index contributed by atoms with van der Waals surface area (Å²) in [5.41, 5.74) is 5.13. The number of carbonyl (C=O) groups is 2. The lowest BCUT2D eigenvalue weighted by Gasteiger charge is -2.19. The largest absolute Gasteiger partial charge is 0.507 e. The highest BCUT2D eigenvalue weighted by Crippen LogP contribution is 2.23. The maximum Gasteiger partial charge on any atom is 0.258 e. The molecule has 1 aromatic carbocycles. The fraction of sp³-hybridized carbons (Fsp3) is 0.273. The molecule has 0 aromatic heterocycles. The van der Waals surface area contributed by atoms with Crippen LogP contribution in [0.15, 0.2) is 18.2 Å². The van der Waals surface area contributed by atoms with Crippen molar-refractivity contribution in [2.24, 2.45) is 5.73 Å². The lowest BCUT2D eigenvalue weighted by Crippen LogP contribution is -2.38. The normalized spacial score (nSPS) is 10.0. The molecule has 0 aliphatic rings. The number of likely N-dealkylation sites (N-methyl/N-ethyl adjacent to an activating group) is 1. The number of primary amides is 1. The number of hydrogen-bond donors (Lipinski definition) is 2. The number of aromatic hydroxyl groups is 1. The molecule has 1 rings (SSSR count). The van der Waals surface area contributed by atoms with Crippen molar-refractivity contribution in [3.05, 3.63) is 28.8 Å². The van der Waals surface area contributed by atoms with Crippen molar-refractivity contribution >= 4 is 23.4 Å². The predicted molar refractivity (Wildman–Crippen MR) is 63.9 cm³/mol. The summed E-state index contributed by atoms with van der Waals surface area (Å²) in [6, 6.07) is 4.17. The molecule has 0 fully saturated rings. The van der Waals surface area contributed by atoms with E-state index < -0.39 is 11.8 Å². The van der Waals surface area contributed by atoms with Crippen LogP contribution in [-0.2, 0) is 4.79 Å². The number of benzene rings is 1. The van der Waals surface area contributed by atoms with E-state index in [-0.39, 0.29) is 17.9 Å². The lowest BCUT2D eigenvalue weighted by atomic mass is 10.1. The standard InChI is InChI=1S/C11H13ClN2O3/c1-2-14(6-10(13)16)11(17)8-4-3-7(12)5-9(8)15/h3-5,15H,2,6H2,1H3,(H2,13,16). The van der Waals surface area contributed by atoms with E-state index >= 15 is 0 Å². The molecular formula is C11H13ClN2O3. The minimum atomic E-state index is -0.603. The molecule has 92 valence electrons. The van der Waals surface area contributed by atoms with E-state index in [4.69, 9.17) is 17.3 Å². The minimum Gasteiger partial charge on any atom is -0.507 e. The second kappa shape index (κ2) is 5.54. The summed E-state index contributed by atoms with van der Waals surface area (Å²) in [7, 11) is 0. The Bertz CT molecular complexity index is 448. The van der Waals surface area contributed by atoms with Crippen LogP contribution in [0.5, 0.6) is 5.75 Å². The van der Waals surface area contributed by atoms with Gasteiger partial charge < -0.3 is 15.7 Å². The molecule has 0 saturated heterocycles. The zero-order valence-corrected chi connectivity index (χ0v) is 10.1. The second-order valence-electron chi connectivity index (χ2n) is 3.45. The Hall–Kier alpha value is -1.75. The molecule has 2 amide bonds. The third-order valence-electron chi connectivity index (χ3n) is 2.21. The van der Waals surface area contributed by atoms with Gasteiger partial charge in [-0.3, -0.25) is 9.59 Å². The van der Waals surface area contributed by atoms with Gasteiger partial charge in [0.2, 0.25) is 5.91 Å². The Morgan fingerprint density at radius 2 is 2.12 bits per heavy atom. The monoisotopic (exact) mass is 256 g/mol. The molecule has 0 radical (unpaired) electrons. The average Bonchev–Trinajstić information content (AvgIpc) is 2.24. The highest BCUT2D eigenvalue weighted by molar-refractivity contribution is 6.30. The summed E-state index contributed by atoms with van der Waals surface area (Å²) in [6.45, 7) is 1.86. The second-order valence-corrected chi connectivity index (χ2v) is 3.88. The Balaban J connectivity index is 2.97. The van der Waals surface area contributed by atoms with Crippen LogP contribution in [0.4, 0.5) is 0 Å². The first-order valence-electron chi connectivity index (χ1n) is 5.01. The molecule has 0 aliphatic carbocycles. The van der Waals surface area contributed by atoms with Gasteiger partial charge in [-0.05, 0) is 25.1 Å². The highest BCUT2D eigenvalue weighted by Gasteiger charge is 2.19. The fourth-order valence-electron chi connectivity index (χ4n) is 1.37. The molecule has 0 saturated carbocycles. The first-order chi connectivity index (χ1) is 7.95. The van der Waals surface area contributed by atoms with E-state index in [0.717, 1.165) is 0 Å². The minimum absolute atomic E-state index is 0.0949. The van der Waals surface area contributed by atoms with E-state index in [1.165, 1.54) is 23.1 Å². The van der Waals surface area contributed by atoms with Crippen LogP contribution >= 0.6 is 11.6 Å². The number of phenolic OH excluding ortho intramolecular Hbond substituents is 1. The molecule has 6 heteroatoms. The van der Waals surface area contributed by atoms with Gasteiger partial charge in [-0.2, -0.15) is 0 Å². The van der Waals surface area contributed by atoms with Gasteiger partial charge in [0.1, 0.15) is 5.75 Å². The van der Waals surface area contributed by atoms with Crippen molar-refractivity contribution in [2.45, 2.75) is 6.92 Å². The molecule has 0 unspecified atom stereocenters. The topological polar surface area (TPSA) is 83.6 Å². The van der Waals surface area contributed by atoms with Gasteiger partial charge in [0, 0.05) is 11.6 Å². The van der Waals surface area contributed by atoms with E-state index in [0.29, 0.717) is 11.6 Å². The Morgan fingerprint density at radius 1 is 1.47 bits per heavy atom. The average molecular weight is 257 g/mol. The van der Waals surface area contributed by atoms with Crippen LogP contribution in [-0.4, -0.2) is 34.9 Å². The molecular weight excluding hydrogens is 244 g/mol. The van der Waals surface area contributed by atoms with Gasteiger partial charge in [-0.25, -0.2) is 0 Å². The number of phenols is 1. The molecule has 0 spiro atoms. The van der Waals surface area contributed by atoms with E-state index in [1.807, 2.05) is 0 Å². The number of carbonyl (C=O) groups excluding carboxylic acids is 2. The van der Waals surface area contributed by atoms with Crippen molar-refractivity contribution in [2.75, 3.05) is 13.1 Å². The zero-order valence-electron chi connectivity index (χ0n) is 9.31. The van der Waals surface area contributed by atoms with Gasteiger partial charge in [0.15, 0.2) is 0 Å². The number of halogens is 1. The van der Waals surface area contributed by atoms with Crippen LogP contribution in [0.25, 0.3) is 0 Å². The number of nitrogens with zero attached hydrogens (tertiary/aromatic N) is 1. The maximum atomic E-state index is 12.0. The zero-order chi connectivity index (χ0) is 13.0. The summed E-state index contributed by atoms with van der Waals surface area (Å²) in [4.78, 5) is 24.0. The number of nitrogens with two attached hydrogens (primary N) is 1. The first-order valence-corrected chi connectivity index (χ1v) is 5.39. The van der Waals surface area contributed by atoms with E-state index in [2.05, 4.69) is 0 Å². The van der Waals surface area contributed by atoms with Crippen molar-refractivity contribution in [1.82, 2.24) is 4.90 Å². The van der Waals surface area contributed by atoms with Crippen molar-refractivity contribution in [1.29, 1.82) is 0 Å². The predicted octanol–water partition coefficient (Wildman–Crippen LogP) is 0.993. The molecule has 0 atom stereocenters. The third kappa shape index (κ3) is 3.35. The summed E-state index contributed by atoms with van der Waals surface area (Å²) in [6.07, 6.45) is 0. The Labute approximate surface area is 104 Å². The molecule has 5 nitrogen and oxygen atoms in total. The van der Waals surface area contributed by atoms with Gasteiger partial charge in [-0.1, -0.05) is 11.6 Å². The lowest BCUT2D eigenvalue weighted by molar-refractivity contribution is -0.118. The SMILES string of the molecule is CCN(CC(N)=O)C(=O)c1ccc(Cl)cc1O. The van der Waals surface area contributed by atoms with Gasteiger partial charge in [0.05, 0.1) is 12.1 Å². The number of hydrogen-bond acceptors (Lipinski definition) is 3. The number of amides is 2. The summed E-state index contributed by atoms with van der Waals surface area (Å²) in [5.74, 6) is -1.28. The van der Waals surface area contributed by atoms with Crippen molar-refractivity contribution in [3.8, 4) is 5.75 Å². The summed E-state index contributed by atoms with van der Waals surface area (Å²) >= 11 is 5.66. The van der Waals surface area contributed by atoms with Crippen LogP contribution in [0.3, 0.4) is 0 Å². The van der Waals surface area contributed by atoms with Gasteiger partial charge >= 0.3 is 0 Å². The fourth-order valence-corrected chi connectivity index (χ4v) is 1.54. The highest BCUT2D eigenvalue weighted by atomic mass is 35.5. The molecule has 0 bridgehead atoms. The van der Waals surface area contributed by atoms with Crippen LogP contribution in [0.1, 0.15) is 17.3 Å². The summed E-state index contributed by atoms with van der Waals surface area (Å²) < 4.78 is 0. The molecule has 3 N–H and O–H groups in total. The van der Waals surface area contributed by atoms with Crippen LogP contribution < -0.4 is 5.73 Å². The Kier molecular flexibility index (Phi) is 4.34. The Morgan fingerprint density at radius 3 is 2.59 bits per heavy atom. The number of rotatable bonds is 4. The molecule has 1 aromatic rings. The van der Waals surface area contributed by atoms with Crippen LogP contribution in [0.2, 0.25) is 5.02 Å². The third-order valence-corrected chi connectivity index (χ3v) is 2.44. The first kappa shape index (κ1) is 13.3. The smallest absolute Gasteiger partial charge is 0.258 e. The van der Waals surface area contributed by atoms with E-state index in [9.17, 15) is 14.7 Å². The molecule has 17 heavy (non-hydrogen) atoms. The molecule has 0 heterocycles. The van der Waals surface area contributed by atoms with Crippen molar-refractivity contribution < 1.29 is 14.7 Å². The molecule has 0 aliphatic heterocycles. The van der Waals surface area contributed by atoms with E-state index in [1.54, 1.807) is 6.92 Å².